The number of benzene rings is 2. The SMILES string of the molecule is CN(C)CCC(Oc1ccc2ccccc2c1)c1cccs1. The molecule has 3 heteroatoms. The van der Waals surface area contributed by atoms with Gasteiger partial charge in [0.2, 0.25) is 0 Å². The largest absolute Gasteiger partial charge is 0.485 e. The number of hydrogen-bond donors (Lipinski definition) is 0. The summed E-state index contributed by atoms with van der Waals surface area (Å²) >= 11 is 1.76. The van der Waals surface area contributed by atoms with Gasteiger partial charge >= 0.3 is 0 Å². The Bertz CT molecular complexity index is 721. The Kier molecular flexibility index (Phi) is 4.76. The molecule has 0 bridgehead atoms. The van der Waals surface area contributed by atoms with Crippen LogP contribution in [0.2, 0.25) is 0 Å². The van der Waals surface area contributed by atoms with Gasteiger partial charge in [0, 0.05) is 17.8 Å². The van der Waals surface area contributed by atoms with Crippen LogP contribution in [0.25, 0.3) is 10.8 Å². The van der Waals surface area contributed by atoms with Gasteiger partial charge in [-0.15, -0.1) is 11.3 Å². The van der Waals surface area contributed by atoms with Crippen molar-refractivity contribution in [1.82, 2.24) is 4.90 Å². The minimum Gasteiger partial charge on any atom is -0.485 e. The Labute approximate surface area is 136 Å². The molecule has 114 valence electrons. The second-order valence-electron chi connectivity index (χ2n) is 5.72. The molecule has 1 heterocycles. The highest BCUT2D eigenvalue weighted by Crippen LogP contribution is 2.30. The second kappa shape index (κ2) is 6.95. The third kappa shape index (κ3) is 3.67. The second-order valence-corrected chi connectivity index (χ2v) is 6.70. The summed E-state index contributed by atoms with van der Waals surface area (Å²) < 4.78 is 6.30. The van der Waals surface area contributed by atoms with E-state index in [0.717, 1.165) is 18.7 Å². The predicted molar refractivity (Wildman–Crippen MR) is 94.8 cm³/mol. The van der Waals surface area contributed by atoms with E-state index in [1.54, 1.807) is 11.3 Å². The minimum absolute atomic E-state index is 0.114. The molecule has 0 saturated carbocycles. The molecule has 0 spiro atoms. The van der Waals surface area contributed by atoms with E-state index in [2.05, 4.69) is 79.0 Å². The van der Waals surface area contributed by atoms with Crippen molar-refractivity contribution < 1.29 is 4.74 Å². The first-order valence-electron chi connectivity index (χ1n) is 7.56. The molecule has 1 unspecified atom stereocenters. The molecule has 2 aromatic carbocycles. The standard InChI is InChI=1S/C19H21NOS/c1-20(2)12-11-18(19-8-5-13-22-19)21-17-10-9-15-6-3-4-7-16(15)14-17/h3-10,13-14,18H,11-12H2,1-2H3. The van der Waals surface area contributed by atoms with Crippen molar-refractivity contribution in [3.63, 3.8) is 0 Å². The van der Waals surface area contributed by atoms with E-state index < -0.39 is 0 Å². The number of fused-ring (bicyclic) bond motifs is 1. The highest BCUT2D eigenvalue weighted by atomic mass is 32.1. The Morgan fingerprint density at radius 1 is 1.00 bits per heavy atom. The summed E-state index contributed by atoms with van der Waals surface area (Å²) in [7, 11) is 4.20. The highest BCUT2D eigenvalue weighted by molar-refractivity contribution is 7.10. The smallest absolute Gasteiger partial charge is 0.134 e. The lowest BCUT2D eigenvalue weighted by Crippen LogP contribution is -2.18. The van der Waals surface area contributed by atoms with E-state index in [1.165, 1.54) is 15.6 Å². The zero-order valence-electron chi connectivity index (χ0n) is 13.0. The Morgan fingerprint density at radius 3 is 2.55 bits per heavy atom. The van der Waals surface area contributed by atoms with Crippen LogP contribution in [0.1, 0.15) is 17.4 Å². The van der Waals surface area contributed by atoms with Crippen molar-refractivity contribution in [2.75, 3.05) is 20.6 Å². The van der Waals surface area contributed by atoms with Gasteiger partial charge in [0.1, 0.15) is 11.9 Å². The molecule has 3 rings (SSSR count). The lowest BCUT2D eigenvalue weighted by atomic mass is 10.1. The molecule has 3 aromatic rings. The molecule has 0 saturated heterocycles. The Balaban J connectivity index is 1.81. The van der Waals surface area contributed by atoms with Crippen LogP contribution in [-0.4, -0.2) is 25.5 Å². The monoisotopic (exact) mass is 311 g/mol. The van der Waals surface area contributed by atoms with Crippen LogP contribution >= 0.6 is 11.3 Å². The molecule has 0 aliphatic rings. The zero-order valence-corrected chi connectivity index (χ0v) is 13.8. The lowest BCUT2D eigenvalue weighted by Gasteiger charge is -2.20. The van der Waals surface area contributed by atoms with Gasteiger partial charge in [-0.3, -0.25) is 0 Å². The minimum atomic E-state index is 0.114. The summed E-state index contributed by atoms with van der Waals surface area (Å²) in [4.78, 5) is 3.49. The first-order valence-corrected chi connectivity index (χ1v) is 8.44. The van der Waals surface area contributed by atoms with Crippen LogP contribution in [-0.2, 0) is 0 Å². The zero-order chi connectivity index (χ0) is 15.4. The van der Waals surface area contributed by atoms with Gasteiger partial charge in [-0.25, -0.2) is 0 Å². The molecule has 0 radical (unpaired) electrons. The quantitative estimate of drug-likeness (QED) is 0.637. The fourth-order valence-electron chi connectivity index (χ4n) is 2.51. The van der Waals surface area contributed by atoms with Gasteiger partial charge in [-0.1, -0.05) is 36.4 Å². The van der Waals surface area contributed by atoms with Gasteiger partial charge < -0.3 is 9.64 Å². The van der Waals surface area contributed by atoms with E-state index in [0.29, 0.717) is 0 Å². The van der Waals surface area contributed by atoms with Crippen LogP contribution in [0.5, 0.6) is 5.75 Å². The van der Waals surface area contributed by atoms with E-state index in [1.807, 2.05) is 0 Å². The van der Waals surface area contributed by atoms with Crippen molar-refractivity contribution in [2.24, 2.45) is 0 Å². The fourth-order valence-corrected chi connectivity index (χ4v) is 3.30. The molecule has 0 aliphatic carbocycles. The maximum Gasteiger partial charge on any atom is 0.134 e. The molecule has 1 aromatic heterocycles. The summed E-state index contributed by atoms with van der Waals surface area (Å²) in [5.41, 5.74) is 0. The summed E-state index contributed by atoms with van der Waals surface area (Å²) in [6.07, 6.45) is 1.10. The Hall–Kier alpha value is -1.84. The van der Waals surface area contributed by atoms with Crippen LogP contribution < -0.4 is 4.74 Å². The molecule has 0 aliphatic heterocycles. The maximum absolute atomic E-state index is 6.30. The number of ether oxygens (including phenoxy) is 1. The molecule has 2 nitrogen and oxygen atoms in total. The summed E-state index contributed by atoms with van der Waals surface area (Å²) in [6, 6.07) is 19.0. The normalized spacial score (nSPS) is 12.7. The van der Waals surface area contributed by atoms with Gasteiger partial charge in [0.15, 0.2) is 0 Å². The van der Waals surface area contributed by atoms with Crippen molar-refractivity contribution in [2.45, 2.75) is 12.5 Å². The predicted octanol–water partition coefficient (Wildman–Crippen LogP) is 4.97. The topological polar surface area (TPSA) is 12.5 Å². The van der Waals surface area contributed by atoms with Crippen LogP contribution in [0.15, 0.2) is 60.0 Å². The number of rotatable bonds is 6. The van der Waals surface area contributed by atoms with Crippen LogP contribution in [0, 0.1) is 0 Å². The van der Waals surface area contributed by atoms with Gasteiger partial charge in [0.05, 0.1) is 0 Å². The van der Waals surface area contributed by atoms with Gasteiger partial charge in [-0.2, -0.15) is 0 Å². The lowest BCUT2D eigenvalue weighted by molar-refractivity contribution is 0.183. The van der Waals surface area contributed by atoms with E-state index in [4.69, 9.17) is 4.74 Å². The third-order valence-electron chi connectivity index (χ3n) is 3.70. The molecular formula is C19H21NOS. The van der Waals surface area contributed by atoms with E-state index in [-0.39, 0.29) is 6.10 Å². The molecule has 1 atom stereocenters. The summed E-state index contributed by atoms with van der Waals surface area (Å²) in [5.74, 6) is 0.941. The number of nitrogens with zero attached hydrogens (tertiary/aromatic N) is 1. The first kappa shape index (κ1) is 15.1. The molecule has 22 heavy (non-hydrogen) atoms. The summed E-state index contributed by atoms with van der Waals surface area (Å²) in [5, 5.41) is 4.58. The van der Waals surface area contributed by atoms with Gasteiger partial charge in [-0.05, 0) is 48.4 Å². The fraction of sp³-hybridized carbons (Fsp3) is 0.263. The van der Waals surface area contributed by atoms with Crippen LogP contribution in [0.3, 0.4) is 0 Å². The van der Waals surface area contributed by atoms with E-state index in [9.17, 15) is 0 Å². The Morgan fingerprint density at radius 2 is 1.82 bits per heavy atom. The van der Waals surface area contributed by atoms with Crippen LogP contribution in [0.4, 0.5) is 0 Å². The number of thiophene rings is 1. The first-order chi connectivity index (χ1) is 10.7. The third-order valence-corrected chi connectivity index (χ3v) is 4.66. The maximum atomic E-state index is 6.30. The highest BCUT2D eigenvalue weighted by Gasteiger charge is 2.15. The number of hydrogen-bond acceptors (Lipinski definition) is 3. The van der Waals surface area contributed by atoms with Crippen molar-refractivity contribution in [1.29, 1.82) is 0 Å². The average molecular weight is 311 g/mol. The van der Waals surface area contributed by atoms with Crippen molar-refractivity contribution in [3.05, 3.63) is 64.9 Å². The van der Waals surface area contributed by atoms with E-state index >= 15 is 0 Å². The van der Waals surface area contributed by atoms with Crippen molar-refractivity contribution in [3.8, 4) is 5.75 Å². The average Bonchev–Trinajstić information content (AvgIpc) is 3.05. The van der Waals surface area contributed by atoms with Gasteiger partial charge in [0.25, 0.3) is 0 Å². The molecular weight excluding hydrogens is 290 g/mol. The molecule has 0 amide bonds. The summed E-state index contributed by atoms with van der Waals surface area (Å²) in [6.45, 7) is 1.01. The molecule has 0 fully saturated rings. The van der Waals surface area contributed by atoms with Crippen molar-refractivity contribution >= 4 is 22.1 Å². The molecule has 0 N–H and O–H groups in total.